The number of hydrogen-bond acceptors (Lipinski definition) is 1. The van der Waals surface area contributed by atoms with Crippen LogP contribution in [0.2, 0.25) is 0 Å². The molecule has 0 spiro atoms. The predicted molar refractivity (Wildman–Crippen MR) is 75.8 cm³/mol. The van der Waals surface area contributed by atoms with E-state index in [0.29, 0.717) is 16.6 Å². The minimum absolute atomic E-state index is 0.0107. The van der Waals surface area contributed by atoms with E-state index in [-0.39, 0.29) is 17.7 Å². The first kappa shape index (κ1) is 14.2. The molecule has 0 fully saturated rings. The predicted octanol–water partition coefficient (Wildman–Crippen LogP) is 4.58. The lowest BCUT2D eigenvalue weighted by Gasteiger charge is -2.15. The summed E-state index contributed by atoms with van der Waals surface area (Å²) in [7, 11) is 0. The Balaban J connectivity index is 2.03. The van der Waals surface area contributed by atoms with Crippen LogP contribution in [0.3, 0.4) is 0 Å². The highest BCUT2D eigenvalue weighted by Gasteiger charge is 2.08. The van der Waals surface area contributed by atoms with E-state index in [9.17, 15) is 8.78 Å². The lowest BCUT2D eigenvalue weighted by Crippen LogP contribution is -2.18. The van der Waals surface area contributed by atoms with Gasteiger partial charge in [0.25, 0.3) is 0 Å². The molecule has 1 N–H and O–H groups in total. The molecule has 19 heavy (non-hydrogen) atoms. The molecular weight excluding hydrogens is 312 g/mol. The van der Waals surface area contributed by atoms with E-state index in [4.69, 9.17) is 0 Å². The monoisotopic (exact) mass is 325 g/mol. The van der Waals surface area contributed by atoms with Gasteiger partial charge in [0, 0.05) is 18.2 Å². The van der Waals surface area contributed by atoms with Crippen LogP contribution in [0.25, 0.3) is 0 Å². The second kappa shape index (κ2) is 6.26. The second-order valence-electron chi connectivity index (χ2n) is 4.37. The van der Waals surface area contributed by atoms with Crippen LogP contribution in [0.15, 0.2) is 46.9 Å². The Kier molecular flexibility index (Phi) is 4.66. The fraction of sp³-hybridized carbons (Fsp3) is 0.200. The van der Waals surface area contributed by atoms with Crippen LogP contribution in [-0.2, 0) is 6.54 Å². The Morgan fingerprint density at radius 1 is 1.11 bits per heavy atom. The molecule has 0 heterocycles. The third-order valence-electron chi connectivity index (χ3n) is 3.00. The maximum absolute atomic E-state index is 13.5. The van der Waals surface area contributed by atoms with Gasteiger partial charge in [-0.05, 0) is 46.6 Å². The van der Waals surface area contributed by atoms with Crippen LogP contribution in [-0.4, -0.2) is 0 Å². The van der Waals surface area contributed by atoms with Gasteiger partial charge < -0.3 is 5.32 Å². The number of halogens is 3. The molecule has 0 aliphatic rings. The molecule has 0 radical (unpaired) electrons. The van der Waals surface area contributed by atoms with Crippen LogP contribution in [0.4, 0.5) is 8.78 Å². The summed E-state index contributed by atoms with van der Waals surface area (Å²) in [6.45, 7) is 2.39. The zero-order valence-corrected chi connectivity index (χ0v) is 12.0. The zero-order chi connectivity index (χ0) is 13.8. The molecule has 2 aromatic rings. The van der Waals surface area contributed by atoms with Crippen molar-refractivity contribution < 1.29 is 8.78 Å². The number of hydrogen-bond donors (Lipinski definition) is 1. The number of rotatable bonds is 4. The van der Waals surface area contributed by atoms with Crippen molar-refractivity contribution in [3.8, 4) is 0 Å². The molecule has 0 saturated heterocycles. The first-order valence-electron chi connectivity index (χ1n) is 5.99. The van der Waals surface area contributed by atoms with E-state index >= 15 is 0 Å². The van der Waals surface area contributed by atoms with Gasteiger partial charge in [0.05, 0.1) is 4.47 Å². The quantitative estimate of drug-likeness (QED) is 0.867. The summed E-state index contributed by atoms with van der Waals surface area (Å²) in [5, 5.41) is 3.22. The fourth-order valence-corrected chi connectivity index (χ4v) is 2.20. The highest BCUT2D eigenvalue weighted by atomic mass is 79.9. The highest BCUT2D eigenvalue weighted by Crippen LogP contribution is 2.21. The van der Waals surface area contributed by atoms with Crippen molar-refractivity contribution in [2.45, 2.75) is 19.5 Å². The van der Waals surface area contributed by atoms with Gasteiger partial charge in [-0.15, -0.1) is 0 Å². The molecule has 0 bridgehead atoms. The van der Waals surface area contributed by atoms with Crippen molar-refractivity contribution in [2.24, 2.45) is 0 Å². The summed E-state index contributed by atoms with van der Waals surface area (Å²) in [5.41, 5.74) is 1.57. The van der Waals surface area contributed by atoms with Gasteiger partial charge in [-0.3, -0.25) is 0 Å². The molecule has 1 atom stereocenters. The topological polar surface area (TPSA) is 12.0 Å². The first-order valence-corrected chi connectivity index (χ1v) is 6.79. The third-order valence-corrected chi connectivity index (χ3v) is 3.61. The summed E-state index contributed by atoms with van der Waals surface area (Å²) >= 11 is 3.16. The largest absolute Gasteiger partial charge is 0.306 e. The molecule has 0 aliphatic carbocycles. The Hall–Kier alpha value is -1.26. The van der Waals surface area contributed by atoms with E-state index in [1.54, 1.807) is 30.3 Å². The molecular formula is C15H14BrF2N. The van der Waals surface area contributed by atoms with Gasteiger partial charge in [-0.1, -0.05) is 24.3 Å². The Labute approximate surface area is 119 Å². The zero-order valence-electron chi connectivity index (χ0n) is 10.5. The Morgan fingerprint density at radius 2 is 1.84 bits per heavy atom. The molecule has 4 heteroatoms. The molecule has 0 aliphatic heterocycles. The molecule has 2 aromatic carbocycles. The molecule has 0 aromatic heterocycles. The van der Waals surface area contributed by atoms with Crippen LogP contribution < -0.4 is 5.32 Å². The van der Waals surface area contributed by atoms with Gasteiger partial charge >= 0.3 is 0 Å². The molecule has 100 valence electrons. The summed E-state index contributed by atoms with van der Waals surface area (Å²) in [6.07, 6.45) is 0. The Bertz CT molecular complexity index is 572. The van der Waals surface area contributed by atoms with Gasteiger partial charge in [-0.2, -0.15) is 0 Å². The minimum atomic E-state index is -0.287. The average Bonchev–Trinajstić information content (AvgIpc) is 2.40. The minimum Gasteiger partial charge on any atom is -0.306 e. The van der Waals surface area contributed by atoms with Crippen molar-refractivity contribution in [3.63, 3.8) is 0 Å². The second-order valence-corrected chi connectivity index (χ2v) is 5.22. The van der Waals surface area contributed by atoms with Gasteiger partial charge in [0.2, 0.25) is 0 Å². The van der Waals surface area contributed by atoms with E-state index in [0.717, 1.165) is 5.56 Å². The van der Waals surface area contributed by atoms with E-state index < -0.39 is 0 Å². The lowest BCUT2D eigenvalue weighted by molar-refractivity contribution is 0.542. The standard InChI is InChI=1S/C15H14BrF2N/c1-10(11-6-7-15(18)13(16)8-11)19-9-12-4-2-3-5-14(12)17/h2-8,10,19H,9H2,1H3. The third kappa shape index (κ3) is 3.61. The molecule has 2 rings (SSSR count). The summed E-state index contributed by atoms with van der Waals surface area (Å²) < 4.78 is 27.0. The van der Waals surface area contributed by atoms with Crippen molar-refractivity contribution >= 4 is 15.9 Å². The van der Waals surface area contributed by atoms with Crippen LogP contribution >= 0.6 is 15.9 Å². The summed E-state index contributed by atoms with van der Waals surface area (Å²) in [6, 6.07) is 11.5. The molecule has 1 unspecified atom stereocenters. The average molecular weight is 326 g/mol. The van der Waals surface area contributed by atoms with Crippen molar-refractivity contribution in [3.05, 3.63) is 69.7 Å². The highest BCUT2D eigenvalue weighted by molar-refractivity contribution is 9.10. The van der Waals surface area contributed by atoms with E-state index in [2.05, 4.69) is 21.2 Å². The van der Waals surface area contributed by atoms with Crippen molar-refractivity contribution in [1.82, 2.24) is 5.32 Å². The number of benzene rings is 2. The van der Waals surface area contributed by atoms with Gasteiger partial charge in [0.15, 0.2) is 0 Å². The maximum atomic E-state index is 13.5. The first-order chi connectivity index (χ1) is 9.08. The van der Waals surface area contributed by atoms with Gasteiger partial charge in [0.1, 0.15) is 11.6 Å². The Morgan fingerprint density at radius 3 is 2.53 bits per heavy atom. The lowest BCUT2D eigenvalue weighted by atomic mass is 10.1. The van der Waals surface area contributed by atoms with Crippen LogP contribution in [0.5, 0.6) is 0 Å². The maximum Gasteiger partial charge on any atom is 0.137 e. The van der Waals surface area contributed by atoms with Crippen LogP contribution in [0, 0.1) is 11.6 Å². The fourth-order valence-electron chi connectivity index (χ4n) is 1.80. The SMILES string of the molecule is CC(NCc1ccccc1F)c1ccc(F)c(Br)c1. The molecule has 1 nitrogen and oxygen atoms in total. The van der Waals surface area contributed by atoms with E-state index in [1.165, 1.54) is 12.1 Å². The van der Waals surface area contributed by atoms with Crippen molar-refractivity contribution in [1.29, 1.82) is 0 Å². The van der Waals surface area contributed by atoms with Crippen LogP contribution in [0.1, 0.15) is 24.1 Å². The van der Waals surface area contributed by atoms with Gasteiger partial charge in [-0.25, -0.2) is 8.78 Å². The normalized spacial score (nSPS) is 12.4. The van der Waals surface area contributed by atoms with E-state index in [1.807, 2.05) is 6.92 Å². The number of nitrogens with one attached hydrogen (secondary N) is 1. The summed E-state index contributed by atoms with van der Waals surface area (Å²) in [4.78, 5) is 0. The molecule has 0 amide bonds. The summed E-state index contributed by atoms with van der Waals surface area (Å²) in [5.74, 6) is -0.507. The van der Waals surface area contributed by atoms with Crippen molar-refractivity contribution in [2.75, 3.05) is 0 Å². The smallest absolute Gasteiger partial charge is 0.137 e. The molecule has 0 saturated carbocycles.